The second-order valence-electron chi connectivity index (χ2n) is 4.37. The summed E-state index contributed by atoms with van der Waals surface area (Å²) >= 11 is 5.19. The van der Waals surface area contributed by atoms with E-state index in [1.165, 1.54) is 5.56 Å². The van der Waals surface area contributed by atoms with Crippen LogP contribution in [0.25, 0.3) is 0 Å². The second-order valence-corrected chi connectivity index (χ2v) is 6.06. The summed E-state index contributed by atoms with van der Waals surface area (Å²) in [5, 5.41) is 14.1. The zero-order chi connectivity index (χ0) is 13.1. The molecule has 0 amide bonds. The Balaban J connectivity index is 2.28. The SMILES string of the molecule is CC(O)c1ccc(Br)cc1N(C)Cc1ccsc1. The first-order valence-corrected chi connectivity index (χ1v) is 7.51. The molecule has 1 aromatic carbocycles. The van der Waals surface area contributed by atoms with Crippen LogP contribution < -0.4 is 4.90 Å². The lowest BCUT2D eigenvalue weighted by atomic mass is 10.1. The molecule has 0 aliphatic carbocycles. The molecule has 0 saturated carbocycles. The van der Waals surface area contributed by atoms with Crippen LogP contribution >= 0.6 is 27.3 Å². The van der Waals surface area contributed by atoms with Crippen molar-refractivity contribution in [3.63, 3.8) is 0 Å². The van der Waals surface area contributed by atoms with Gasteiger partial charge in [-0.05, 0) is 41.4 Å². The van der Waals surface area contributed by atoms with Gasteiger partial charge in [-0.1, -0.05) is 22.0 Å². The molecule has 1 heterocycles. The summed E-state index contributed by atoms with van der Waals surface area (Å²) in [4.78, 5) is 2.16. The van der Waals surface area contributed by atoms with E-state index in [1.807, 2.05) is 19.2 Å². The first-order chi connectivity index (χ1) is 8.58. The molecular weight excluding hydrogens is 310 g/mol. The fraction of sp³-hybridized carbons (Fsp3) is 0.286. The molecule has 2 aromatic rings. The molecule has 1 atom stereocenters. The van der Waals surface area contributed by atoms with E-state index in [2.05, 4.69) is 43.7 Å². The van der Waals surface area contributed by atoms with E-state index in [1.54, 1.807) is 18.3 Å². The highest BCUT2D eigenvalue weighted by Gasteiger charge is 2.12. The Hall–Kier alpha value is -0.840. The third-order valence-corrected chi connectivity index (χ3v) is 4.08. The van der Waals surface area contributed by atoms with Crippen molar-refractivity contribution < 1.29 is 5.11 Å². The molecular formula is C14H16BrNOS. The Kier molecular flexibility index (Phi) is 4.43. The van der Waals surface area contributed by atoms with Crippen molar-refractivity contribution in [2.24, 2.45) is 0 Å². The number of benzene rings is 1. The average molecular weight is 326 g/mol. The van der Waals surface area contributed by atoms with Gasteiger partial charge in [0.1, 0.15) is 0 Å². The van der Waals surface area contributed by atoms with Crippen LogP contribution in [0.5, 0.6) is 0 Å². The predicted molar refractivity (Wildman–Crippen MR) is 81.2 cm³/mol. The molecule has 0 bridgehead atoms. The van der Waals surface area contributed by atoms with Crippen LogP contribution in [0.3, 0.4) is 0 Å². The first kappa shape index (κ1) is 13.6. The predicted octanol–water partition coefficient (Wildman–Crippen LogP) is 4.20. The Morgan fingerprint density at radius 1 is 1.39 bits per heavy atom. The molecule has 1 aromatic heterocycles. The minimum absolute atomic E-state index is 0.460. The molecule has 1 N–H and O–H groups in total. The smallest absolute Gasteiger partial charge is 0.0782 e. The zero-order valence-corrected chi connectivity index (χ0v) is 12.8. The molecule has 2 nitrogen and oxygen atoms in total. The van der Waals surface area contributed by atoms with Crippen molar-refractivity contribution in [3.8, 4) is 0 Å². The van der Waals surface area contributed by atoms with Gasteiger partial charge in [0.2, 0.25) is 0 Å². The minimum Gasteiger partial charge on any atom is -0.389 e. The monoisotopic (exact) mass is 325 g/mol. The maximum absolute atomic E-state index is 9.83. The normalized spacial score (nSPS) is 12.4. The average Bonchev–Trinajstić information content (AvgIpc) is 2.81. The Morgan fingerprint density at radius 3 is 2.78 bits per heavy atom. The van der Waals surface area contributed by atoms with E-state index in [0.29, 0.717) is 0 Å². The molecule has 0 aliphatic heterocycles. The quantitative estimate of drug-likeness (QED) is 0.910. The lowest BCUT2D eigenvalue weighted by molar-refractivity contribution is 0.199. The van der Waals surface area contributed by atoms with E-state index in [-0.39, 0.29) is 0 Å². The molecule has 96 valence electrons. The van der Waals surface area contributed by atoms with Gasteiger partial charge in [0.05, 0.1) is 6.10 Å². The minimum atomic E-state index is -0.460. The third kappa shape index (κ3) is 3.13. The number of hydrogen-bond acceptors (Lipinski definition) is 3. The van der Waals surface area contributed by atoms with E-state index < -0.39 is 6.10 Å². The van der Waals surface area contributed by atoms with Crippen LogP contribution in [0.1, 0.15) is 24.2 Å². The van der Waals surface area contributed by atoms with Crippen molar-refractivity contribution in [2.75, 3.05) is 11.9 Å². The van der Waals surface area contributed by atoms with Crippen LogP contribution in [-0.4, -0.2) is 12.2 Å². The maximum atomic E-state index is 9.83. The van der Waals surface area contributed by atoms with Crippen molar-refractivity contribution in [3.05, 3.63) is 50.6 Å². The van der Waals surface area contributed by atoms with Crippen LogP contribution in [0.15, 0.2) is 39.5 Å². The van der Waals surface area contributed by atoms with E-state index in [9.17, 15) is 5.11 Å². The Bertz CT molecular complexity index is 511. The van der Waals surface area contributed by atoms with Crippen LogP contribution in [-0.2, 0) is 6.54 Å². The number of thiophene rings is 1. The zero-order valence-electron chi connectivity index (χ0n) is 10.4. The molecule has 0 spiro atoms. The number of nitrogens with zero attached hydrogens (tertiary/aromatic N) is 1. The summed E-state index contributed by atoms with van der Waals surface area (Å²) in [7, 11) is 2.05. The standard InChI is InChI=1S/C14H16BrNOS/c1-10(17)13-4-3-12(15)7-14(13)16(2)8-11-5-6-18-9-11/h3-7,9-10,17H,8H2,1-2H3. The highest BCUT2D eigenvalue weighted by atomic mass is 79.9. The summed E-state index contributed by atoms with van der Waals surface area (Å²) in [6, 6.07) is 8.10. The topological polar surface area (TPSA) is 23.5 Å². The molecule has 0 fully saturated rings. The van der Waals surface area contributed by atoms with Crippen LogP contribution in [0.4, 0.5) is 5.69 Å². The lowest BCUT2D eigenvalue weighted by Crippen LogP contribution is -2.18. The van der Waals surface area contributed by atoms with Gasteiger partial charge in [0.25, 0.3) is 0 Å². The summed E-state index contributed by atoms with van der Waals surface area (Å²) in [6.07, 6.45) is -0.460. The lowest BCUT2D eigenvalue weighted by Gasteiger charge is -2.23. The van der Waals surface area contributed by atoms with E-state index in [0.717, 1.165) is 22.3 Å². The number of aliphatic hydroxyl groups excluding tert-OH is 1. The fourth-order valence-electron chi connectivity index (χ4n) is 1.94. The largest absolute Gasteiger partial charge is 0.389 e. The number of hydrogen-bond donors (Lipinski definition) is 1. The van der Waals surface area contributed by atoms with Crippen molar-refractivity contribution in [2.45, 2.75) is 19.6 Å². The van der Waals surface area contributed by atoms with Gasteiger partial charge in [0.15, 0.2) is 0 Å². The molecule has 0 radical (unpaired) electrons. The molecule has 1 unspecified atom stereocenters. The molecule has 0 saturated heterocycles. The van der Waals surface area contributed by atoms with Crippen molar-refractivity contribution in [1.82, 2.24) is 0 Å². The number of rotatable bonds is 4. The molecule has 0 aliphatic rings. The van der Waals surface area contributed by atoms with Crippen LogP contribution in [0.2, 0.25) is 0 Å². The van der Waals surface area contributed by atoms with Gasteiger partial charge in [-0.3, -0.25) is 0 Å². The van der Waals surface area contributed by atoms with Crippen LogP contribution in [0, 0.1) is 0 Å². The fourth-order valence-corrected chi connectivity index (χ4v) is 2.95. The highest BCUT2D eigenvalue weighted by molar-refractivity contribution is 9.10. The van der Waals surface area contributed by atoms with Crippen molar-refractivity contribution >= 4 is 33.0 Å². The van der Waals surface area contributed by atoms with Crippen molar-refractivity contribution in [1.29, 1.82) is 0 Å². The Morgan fingerprint density at radius 2 is 2.17 bits per heavy atom. The van der Waals surface area contributed by atoms with E-state index >= 15 is 0 Å². The van der Waals surface area contributed by atoms with Gasteiger partial charge in [-0.25, -0.2) is 0 Å². The van der Waals surface area contributed by atoms with Gasteiger partial charge in [0, 0.05) is 29.3 Å². The van der Waals surface area contributed by atoms with E-state index in [4.69, 9.17) is 0 Å². The number of aliphatic hydroxyl groups is 1. The van der Waals surface area contributed by atoms with Gasteiger partial charge >= 0.3 is 0 Å². The maximum Gasteiger partial charge on any atom is 0.0782 e. The second kappa shape index (κ2) is 5.87. The summed E-state index contributed by atoms with van der Waals surface area (Å²) < 4.78 is 1.03. The van der Waals surface area contributed by atoms with Gasteiger partial charge < -0.3 is 10.0 Å². The Labute approximate surface area is 120 Å². The summed E-state index contributed by atoms with van der Waals surface area (Å²) in [6.45, 7) is 2.64. The molecule has 18 heavy (non-hydrogen) atoms. The summed E-state index contributed by atoms with van der Waals surface area (Å²) in [5.41, 5.74) is 3.31. The summed E-state index contributed by atoms with van der Waals surface area (Å²) in [5.74, 6) is 0. The molecule has 4 heteroatoms. The highest BCUT2D eigenvalue weighted by Crippen LogP contribution is 2.30. The molecule has 2 rings (SSSR count). The number of anilines is 1. The van der Waals surface area contributed by atoms with Gasteiger partial charge in [-0.2, -0.15) is 11.3 Å². The van der Waals surface area contributed by atoms with Gasteiger partial charge in [-0.15, -0.1) is 0 Å². The number of halogens is 1. The first-order valence-electron chi connectivity index (χ1n) is 5.77. The third-order valence-electron chi connectivity index (χ3n) is 2.85.